The number of hydrogen-bond donors (Lipinski definition) is 2. The van der Waals surface area contributed by atoms with E-state index >= 15 is 0 Å². The summed E-state index contributed by atoms with van der Waals surface area (Å²) in [7, 11) is 0. The second kappa shape index (κ2) is 11.1. The minimum absolute atomic E-state index is 0.0915. The Kier molecular flexibility index (Phi) is 8.54. The van der Waals surface area contributed by atoms with Gasteiger partial charge in [-0.15, -0.1) is 0 Å². The van der Waals surface area contributed by atoms with Crippen molar-refractivity contribution in [1.82, 2.24) is 4.98 Å². The highest BCUT2D eigenvalue weighted by atomic mass is 16.7. The van der Waals surface area contributed by atoms with Crippen LogP contribution < -0.4 is 5.73 Å². The SMILES string of the molecule is C[C@@H]1[C@@H](C)[C@H](OCCc2c[nH]c3ccccc23)O[C@H](COCCCCCN)[C@H]1C. The van der Waals surface area contributed by atoms with Crippen LogP contribution >= 0.6 is 0 Å². The summed E-state index contributed by atoms with van der Waals surface area (Å²) in [5.41, 5.74) is 8.01. The predicted octanol–water partition coefficient (Wildman–Crippen LogP) is 4.51. The molecule has 162 valence electrons. The highest BCUT2D eigenvalue weighted by molar-refractivity contribution is 5.82. The molecular formula is C24H38N2O3. The molecule has 29 heavy (non-hydrogen) atoms. The molecule has 2 heterocycles. The summed E-state index contributed by atoms with van der Waals surface area (Å²) >= 11 is 0. The van der Waals surface area contributed by atoms with E-state index in [-0.39, 0.29) is 12.4 Å². The zero-order valence-electron chi connectivity index (χ0n) is 18.2. The Balaban J connectivity index is 1.47. The maximum absolute atomic E-state index is 6.34. The lowest BCUT2D eigenvalue weighted by Gasteiger charge is -2.43. The molecule has 5 heteroatoms. The molecular weight excluding hydrogens is 364 g/mol. The predicted molar refractivity (Wildman–Crippen MR) is 118 cm³/mol. The number of aromatic nitrogens is 1. The number of aromatic amines is 1. The fourth-order valence-corrected chi connectivity index (χ4v) is 4.22. The summed E-state index contributed by atoms with van der Waals surface area (Å²) in [4.78, 5) is 3.34. The number of nitrogens with two attached hydrogens (primary N) is 1. The van der Waals surface area contributed by atoms with E-state index in [0.29, 0.717) is 31.0 Å². The van der Waals surface area contributed by atoms with Crippen molar-refractivity contribution < 1.29 is 14.2 Å². The third kappa shape index (κ3) is 5.82. The Bertz CT molecular complexity index is 732. The summed E-state index contributed by atoms with van der Waals surface area (Å²) in [5, 5.41) is 1.27. The maximum Gasteiger partial charge on any atom is 0.160 e. The molecule has 0 unspecified atom stereocenters. The molecule has 0 aliphatic carbocycles. The van der Waals surface area contributed by atoms with E-state index in [1.54, 1.807) is 0 Å². The molecule has 0 bridgehead atoms. The number of fused-ring (bicyclic) bond motifs is 1. The lowest BCUT2D eigenvalue weighted by atomic mass is 9.79. The van der Waals surface area contributed by atoms with Crippen molar-refractivity contribution in [3.05, 3.63) is 36.0 Å². The summed E-state index contributed by atoms with van der Waals surface area (Å²) in [6, 6.07) is 8.40. The van der Waals surface area contributed by atoms with Crippen LogP contribution in [0.4, 0.5) is 0 Å². The van der Waals surface area contributed by atoms with Crippen LogP contribution in [-0.4, -0.2) is 43.7 Å². The first-order valence-electron chi connectivity index (χ1n) is 11.2. The van der Waals surface area contributed by atoms with Crippen LogP contribution in [-0.2, 0) is 20.6 Å². The second-order valence-electron chi connectivity index (χ2n) is 8.52. The first-order chi connectivity index (χ1) is 14.1. The van der Waals surface area contributed by atoms with E-state index in [9.17, 15) is 0 Å². The van der Waals surface area contributed by atoms with Crippen molar-refractivity contribution in [3.63, 3.8) is 0 Å². The number of ether oxygens (including phenoxy) is 3. The van der Waals surface area contributed by atoms with Crippen LogP contribution in [0.15, 0.2) is 30.5 Å². The summed E-state index contributed by atoms with van der Waals surface area (Å²) in [6.45, 7) is 9.65. The van der Waals surface area contributed by atoms with E-state index in [1.165, 1.54) is 16.5 Å². The quantitative estimate of drug-likeness (QED) is 0.543. The van der Waals surface area contributed by atoms with Gasteiger partial charge < -0.3 is 24.9 Å². The average molecular weight is 403 g/mol. The molecule has 3 rings (SSSR count). The number of benzene rings is 1. The van der Waals surface area contributed by atoms with Crippen molar-refractivity contribution in [2.24, 2.45) is 23.5 Å². The molecule has 1 aromatic carbocycles. The fraction of sp³-hybridized carbons (Fsp3) is 0.667. The molecule has 1 aromatic heterocycles. The molecule has 0 spiro atoms. The van der Waals surface area contributed by atoms with Gasteiger partial charge in [0.05, 0.1) is 19.3 Å². The van der Waals surface area contributed by atoms with Gasteiger partial charge in [0.2, 0.25) is 0 Å². The standard InChI is InChI=1S/C24H38N2O3/c1-17-18(2)23(16-27-13-8-4-7-12-25)29-24(19(17)3)28-14-11-20-15-26-22-10-6-5-9-21(20)22/h5-6,9-10,15,17-19,23-24,26H,4,7-8,11-14,16,25H2,1-3H3/t17-,18-,19+,23+,24+/m0/s1. The van der Waals surface area contributed by atoms with Gasteiger partial charge in [0.1, 0.15) is 0 Å². The number of para-hydroxylation sites is 1. The van der Waals surface area contributed by atoms with Crippen LogP contribution in [0.25, 0.3) is 10.9 Å². The molecule has 1 saturated heterocycles. The summed E-state index contributed by atoms with van der Waals surface area (Å²) in [6.07, 6.45) is 6.15. The minimum Gasteiger partial charge on any atom is -0.379 e. The number of rotatable bonds is 11. The molecule has 0 saturated carbocycles. The van der Waals surface area contributed by atoms with Crippen LogP contribution in [0, 0.1) is 17.8 Å². The first kappa shape index (κ1) is 22.3. The molecule has 2 aromatic rings. The van der Waals surface area contributed by atoms with Crippen molar-refractivity contribution in [2.75, 3.05) is 26.4 Å². The van der Waals surface area contributed by atoms with E-state index in [2.05, 4.69) is 56.2 Å². The van der Waals surface area contributed by atoms with E-state index in [4.69, 9.17) is 19.9 Å². The normalized spacial score (nSPS) is 27.5. The van der Waals surface area contributed by atoms with Crippen LogP contribution in [0.1, 0.15) is 45.6 Å². The smallest absolute Gasteiger partial charge is 0.160 e. The largest absolute Gasteiger partial charge is 0.379 e. The van der Waals surface area contributed by atoms with Gasteiger partial charge in [0.25, 0.3) is 0 Å². The Labute approximate surface area is 175 Å². The number of H-pyrrole nitrogens is 1. The van der Waals surface area contributed by atoms with Gasteiger partial charge in [0, 0.05) is 29.6 Å². The van der Waals surface area contributed by atoms with Gasteiger partial charge in [0.15, 0.2) is 6.29 Å². The molecule has 3 N–H and O–H groups in total. The zero-order chi connectivity index (χ0) is 20.6. The molecule has 0 radical (unpaired) electrons. The van der Waals surface area contributed by atoms with Gasteiger partial charge in [-0.1, -0.05) is 39.0 Å². The fourth-order valence-electron chi connectivity index (χ4n) is 4.22. The van der Waals surface area contributed by atoms with Crippen molar-refractivity contribution in [3.8, 4) is 0 Å². The highest BCUT2D eigenvalue weighted by Gasteiger charge is 2.39. The van der Waals surface area contributed by atoms with Gasteiger partial charge in [-0.3, -0.25) is 0 Å². The van der Waals surface area contributed by atoms with Crippen molar-refractivity contribution in [2.45, 2.75) is 58.8 Å². The molecule has 1 aliphatic heterocycles. The summed E-state index contributed by atoms with van der Waals surface area (Å²) < 4.78 is 18.5. The second-order valence-corrected chi connectivity index (χ2v) is 8.52. The third-order valence-electron chi connectivity index (χ3n) is 6.59. The van der Waals surface area contributed by atoms with E-state index in [0.717, 1.165) is 38.8 Å². The van der Waals surface area contributed by atoms with Gasteiger partial charge >= 0.3 is 0 Å². The summed E-state index contributed by atoms with van der Waals surface area (Å²) in [5.74, 6) is 1.36. The van der Waals surface area contributed by atoms with Gasteiger partial charge in [-0.2, -0.15) is 0 Å². The Morgan fingerprint density at radius 1 is 1.00 bits per heavy atom. The molecule has 5 atom stereocenters. The van der Waals surface area contributed by atoms with E-state index < -0.39 is 0 Å². The van der Waals surface area contributed by atoms with Gasteiger partial charge in [-0.05, 0) is 55.7 Å². The van der Waals surface area contributed by atoms with Crippen LogP contribution in [0.2, 0.25) is 0 Å². The highest BCUT2D eigenvalue weighted by Crippen LogP contribution is 2.35. The number of nitrogens with one attached hydrogen (secondary N) is 1. The first-order valence-corrected chi connectivity index (χ1v) is 11.2. The van der Waals surface area contributed by atoms with Gasteiger partial charge in [-0.25, -0.2) is 0 Å². The Morgan fingerprint density at radius 3 is 2.66 bits per heavy atom. The topological polar surface area (TPSA) is 69.5 Å². The van der Waals surface area contributed by atoms with E-state index in [1.807, 2.05) is 0 Å². The van der Waals surface area contributed by atoms with Crippen molar-refractivity contribution >= 4 is 10.9 Å². The molecule has 0 amide bonds. The number of unbranched alkanes of at least 4 members (excludes halogenated alkanes) is 2. The minimum atomic E-state index is -0.169. The zero-order valence-corrected chi connectivity index (χ0v) is 18.2. The molecule has 5 nitrogen and oxygen atoms in total. The maximum atomic E-state index is 6.34. The monoisotopic (exact) mass is 402 g/mol. The lowest BCUT2D eigenvalue weighted by molar-refractivity contribution is -0.256. The molecule has 1 aliphatic rings. The van der Waals surface area contributed by atoms with Crippen LogP contribution in [0.5, 0.6) is 0 Å². The lowest BCUT2D eigenvalue weighted by Crippen LogP contribution is -2.47. The average Bonchev–Trinajstić information content (AvgIpc) is 3.15. The Morgan fingerprint density at radius 2 is 1.83 bits per heavy atom. The van der Waals surface area contributed by atoms with Crippen molar-refractivity contribution in [1.29, 1.82) is 0 Å². The molecule has 1 fully saturated rings. The number of hydrogen-bond acceptors (Lipinski definition) is 4. The third-order valence-corrected chi connectivity index (χ3v) is 6.59. The van der Waals surface area contributed by atoms with Crippen LogP contribution in [0.3, 0.4) is 0 Å². The Hall–Kier alpha value is -1.40.